The summed E-state index contributed by atoms with van der Waals surface area (Å²) in [6, 6.07) is 1.87. The average molecular weight is 249 g/mol. The third-order valence-electron chi connectivity index (χ3n) is 1.38. The number of halogens is 2. The molecule has 0 radical (unpaired) electrons. The van der Waals surface area contributed by atoms with Gasteiger partial charge in [-0.15, -0.1) is 11.3 Å². The molecule has 11 heavy (non-hydrogen) atoms. The fourth-order valence-corrected chi connectivity index (χ4v) is 2.65. The summed E-state index contributed by atoms with van der Waals surface area (Å²) >= 11 is 10.8. The molecule has 2 heterocycles. The van der Waals surface area contributed by atoms with Gasteiger partial charge in [0, 0.05) is 26.1 Å². The molecule has 0 aliphatic carbocycles. The Hall–Kier alpha value is -0.120. The molecule has 0 aliphatic rings. The predicted octanol–water partition coefficient (Wildman–Crippen LogP) is 3.71. The van der Waals surface area contributed by atoms with Gasteiger partial charge in [0.2, 0.25) is 0 Å². The van der Waals surface area contributed by atoms with Crippen LogP contribution in [0.4, 0.5) is 0 Å². The monoisotopic (exact) mass is 247 g/mol. The van der Waals surface area contributed by atoms with Crippen molar-refractivity contribution in [2.75, 3.05) is 0 Å². The van der Waals surface area contributed by atoms with E-state index in [4.69, 9.17) is 11.6 Å². The molecule has 0 atom stereocenters. The van der Waals surface area contributed by atoms with E-state index in [-0.39, 0.29) is 0 Å². The van der Waals surface area contributed by atoms with Crippen LogP contribution in [-0.2, 0) is 0 Å². The number of aromatic nitrogens is 1. The van der Waals surface area contributed by atoms with Crippen molar-refractivity contribution >= 4 is 49.0 Å². The lowest BCUT2D eigenvalue weighted by molar-refractivity contribution is 1.37. The normalized spacial score (nSPS) is 10.7. The number of fused-ring (bicyclic) bond motifs is 1. The molecule has 0 aliphatic heterocycles. The van der Waals surface area contributed by atoms with E-state index in [1.807, 2.05) is 11.4 Å². The Morgan fingerprint density at radius 1 is 1.55 bits per heavy atom. The number of pyridine rings is 1. The van der Waals surface area contributed by atoms with Crippen LogP contribution in [0.15, 0.2) is 22.1 Å². The minimum Gasteiger partial charge on any atom is -0.244 e. The predicted molar refractivity (Wildman–Crippen MR) is 52.3 cm³/mol. The van der Waals surface area contributed by atoms with E-state index >= 15 is 0 Å². The molecule has 56 valence electrons. The molecule has 0 saturated carbocycles. The highest BCUT2D eigenvalue weighted by molar-refractivity contribution is 9.10. The molecule has 0 aromatic carbocycles. The van der Waals surface area contributed by atoms with E-state index in [1.165, 1.54) is 0 Å². The van der Waals surface area contributed by atoms with Gasteiger partial charge in [-0.2, -0.15) is 0 Å². The van der Waals surface area contributed by atoms with Crippen molar-refractivity contribution in [2.24, 2.45) is 0 Å². The van der Waals surface area contributed by atoms with E-state index in [9.17, 15) is 0 Å². The van der Waals surface area contributed by atoms with Gasteiger partial charge in [0.05, 0.1) is 0 Å². The van der Waals surface area contributed by atoms with Crippen molar-refractivity contribution in [1.82, 2.24) is 4.98 Å². The molecule has 0 spiro atoms. The summed E-state index contributed by atoms with van der Waals surface area (Å²) in [7, 11) is 0. The van der Waals surface area contributed by atoms with Gasteiger partial charge in [-0.3, -0.25) is 0 Å². The Morgan fingerprint density at radius 2 is 2.36 bits per heavy atom. The summed E-state index contributed by atoms with van der Waals surface area (Å²) in [6.45, 7) is 0. The van der Waals surface area contributed by atoms with Gasteiger partial charge in [0.25, 0.3) is 0 Å². The summed E-state index contributed by atoms with van der Waals surface area (Å²) in [5.74, 6) is 0. The SMILES string of the molecule is Clc1cc2scc(Br)c2cn1. The first kappa shape index (κ1) is 7.53. The van der Waals surface area contributed by atoms with Crippen LogP contribution in [0.1, 0.15) is 0 Å². The van der Waals surface area contributed by atoms with Gasteiger partial charge in [-0.25, -0.2) is 4.98 Å². The fraction of sp³-hybridized carbons (Fsp3) is 0. The molecule has 2 rings (SSSR count). The highest BCUT2D eigenvalue weighted by Crippen LogP contribution is 2.30. The van der Waals surface area contributed by atoms with E-state index in [2.05, 4.69) is 20.9 Å². The molecule has 0 fully saturated rings. The maximum atomic E-state index is 5.71. The van der Waals surface area contributed by atoms with Crippen LogP contribution in [0, 0.1) is 0 Å². The summed E-state index contributed by atoms with van der Waals surface area (Å²) in [6.07, 6.45) is 1.78. The van der Waals surface area contributed by atoms with Crippen molar-refractivity contribution in [1.29, 1.82) is 0 Å². The highest BCUT2D eigenvalue weighted by Gasteiger charge is 2.01. The van der Waals surface area contributed by atoms with Gasteiger partial charge in [-0.05, 0) is 22.0 Å². The Bertz CT molecular complexity index is 398. The second-order valence-electron chi connectivity index (χ2n) is 2.09. The van der Waals surface area contributed by atoms with Crippen molar-refractivity contribution in [3.8, 4) is 0 Å². The van der Waals surface area contributed by atoms with E-state index in [1.54, 1.807) is 17.5 Å². The minimum absolute atomic E-state index is 0.548. The first-order chi connectivity index (χ1) is 5.27. The quantitative estimate of drug-likeness (QED) is 0.648. The molecule has 1 nitrogen and oxygen atoms in total. The van der Waals surface area contributed by atoms with Gasteiger partial charge in [0.15, 0.2) is 0 Å². The molecule has 0 unspecified atom stereocenters. The second kappa shape index (κ2) is 2.73. The van der Waals surface area contributed by atoms with Crippen LogP contribution in [0.25, 0.3) is 10.1 Å². The zero-order chi connectivity index (χ0) is 7.84. The lowest BCUT2D eigenvalue weighted by atomic mass is 10.3. The van der Waals surface area contributed by atoms with E-state index < -0.39 is 0 Å². The van der Waals surface area contributed by atoms with Crippen molar-refractivity contribution in [3.63, 3.8) is 0 Å². The van der Waals surface area contributed by atoms with Crippen molar-refractivity contribution in [3.05, 3.63) is 27.3 Å². The number of nitrogens with zero attached hydrogens (tertiary/aromatic N) is 1. The molecular formula is C7H3BrClNS. The Labute approximate surface area is 81.1 Å². The number of rotatable bonds is 0. The second-order valence-corrected chi connectivity index (χ2v) is 4.24. The highest BCUT2D eigenvalue weighted by atomic mass is 79.9. The van der Waals surface area contributed by atoms with Crippen molar-refractivity contribution in [2.45, 2.75) is 0 Å². The molecule has 0 saturated heterocycles. The van der Waals surface area contributed by atoms with Crippen LogP contribution in [-0.4, -0.2) is 4.98 Å². The van der Waals surface area contributed by atoms with E-state index in [0.717, 1.165) is 14.6 Å². The third-order valence-corrected chi connectivity index (χ3v) is 3.49. The van der Waals surface area contributed by atoms with Gasteiger partial charge in [-0.1, -0.05) is 11.6 Å². The largest absolute Gasteiger partial charge is 0.244 e. The molecule has 0 amide bonds. The Morgan fingerprint density at radius 3 is 3.18 bits per heavy atom. The van der Waals surface area contributed by atoms with Crippen LogP contribution in [0.3, 0.4) is 0 Å². The number of thiophene rings is 1. The summed E-state index contributed by atoms with van der Waals surface area (Å²) in [5.41, 5.74) is 0. The van der Waals surface area contributed by atoms with Gasteiger partial charge in [0.1, 0.15) is 5.15 Å². The Balaban J connectivity index is 2.86. The maximum Gasteiger partial charge on any atom is 0.130 e. The smallest absolute Gasteiger partial charge is 0.130 e. The Kier molecular flexibility index (Phi) is 1.87. The first-order valence-corrected chi connectivity index (χ1v) is 5.00. The number of hydrogen-bond donors (Lipinski definition) is 0. The topological polar surface area (TPSA) is 12.9 Å². The zero-order valence-corrected chi connectivity index (χ0v) is 8.50. The van der Waals surface area contributed by atoms with Crippen LogP contribution in [0.2, 0.25) is 5.15 Å². The third kappa shape index (κ3) is 1.28. The molecule has 0 N–H and O–H groups in total. The molecule has 0 bridgehead atoms. The van der Waals surface area contributed by atoms with Crippen LogP contribution in [0.5, 0.6) is 0 Å². The maximum absolute atomic E-state index is 5.71. The number of hydrogen-bond acceptors (Lipinski definition) is 2. The average Bonchev–Trinajstić information content (AvgIpc) is 2.32. The lowest BCUT2D eigenvalue weighted by Crippen LogP contribution is -1.71. The molecule has 2 aromatic rings. The zero-order valence-electron chi connectivity index (χ0n) is 5.34. The molecular weight excluding hydrogens is 246 g/mol. The van der Waals surface area contributed by atoms with Gasteiger partial charge < -0.3 is 0 Å². The van der Waals surface area contributed by atoms with Crippen LogP contribution >= 0.6 is 38.9 Å². The van der Waals surface area contributed by atoms with Gasteiger partial charge >= 0.3 is 0 Å². The summed E-state index contributed by atoms with van der Waals surface area (Å²) in [4.78, 5) is 3.98. The van der Waals surface area contributed by atoms with Crippen molar-refractivity contribution < 1.29 is 0 Å². The standard InChI is InChI=1S/C7H3BrClNS/c8-5-3-11-6-1-7(9)10-2-4(5)6/h1-3H. The summed E-state index contributed by atoms with van der Waals surface area (Å²) < 4.78 is 2.25. The minimum atomic E-state index is 0.548. The fourth-order valence-electron chi connectivity index (χ4n) is 0.869. The molecule has 4 heteroatoms. The lowest BCUT2D eigenvalue weighted by Gasteiger charge is -1.89. The summed E-state index contributed by atoms with van der Waals surface area (Å²) in [5, 5.41) is 3.70. The van der Waals surface area contributed by atoms with Crippen LogP contribution < -0.4 is 0 Å². The van der Waals surface area contributed by atoms with E-state index in [0.29, 0.717) is 5.15 Å². The molecule has 2 aromatic heterocycles. The first-order valence-electron chi connectivity index (χ1n) is 2.95.